The molecule has 4 rings (SSSR count). The zero-order valence-electron chi connectivity index (χ0n) is 13.3. The molecule has 0 aromatic heterocycles. The fourth-order valence-corrected chi connectivity index (χ4v) is 5.46. The summed E-state index contributed by atoms with van der Waals surface area (Å²) in [5, 5.41) is 0. The molecule has 1 aliphatic heterocycles. The van der Waals surface area contributed by atoms with E-state index in [1.165, 1.54) is 9.87 Å². The van der Waals surface area contributed by atoms with Crippen molar-refractivity contribution in [3.63, 3.8) is 0 Å². The van der Waals surface area contributed by atoms with Crippen molar-refractivity contribution in [3.8, 4) is 0 Å². The van der Waals surface area contributed by atoms with Crippen LogP contribution in [-0.4, -0.2) is 18.8 Å². The number of benzene rings is 2. The molecule has 0 radical (unpaired) electrons. The van der Waals surface area contributed by atoms with E-state index in [1.807, 2.05) is 36.4 Å². The van der Waals surface area contributed by atoms with Crippen molar-refractivity contribution in [2.75, 3.05) is 0 Å². The van der Waals surface area contributed by atoms with Gasteiger partial charge >= 0.3 is 0 Å². The first-order valence-corrected chi connectivity index (χ1v) is 10.3. The highest BCUT2D eigenvalue weighted by Gasteiger charge is 2.50. The average molecular weight is 407 g/mol. The standard InChI is InChI=1S/C18H19BrN2O2S/c1-12-17(13-5-3-2-4-6-13)18(12)20-24(22,23)21-10-14-7-8-16(19)9-15(14)11-21/h2-9,12,17-18,20H,10-11H2,1H3/t12-,17-,18+/m1/s1. The van der Waals surface area contributed by atoms with Gasteiger partial charge in [-0.2, -0.15) is 17.4 Å². The zero-order chi connectivity index (χ0) is 16.9. The summed E-state index contributed by atoms with van der Waals surface area (Å²) in [7, 11) is -3.48. The van der Waals surface area contributed by atoms with Crippen LogP contribution in [0.3, 0.4) is 0 Å². The first-order valence-electron chi connectivity index (χ1n) is 8.05. The minimum absolute atomic E-state index is 0.0205. The van der Waals surface area contributed by atoms with E-state index in [9.17, 15) is 8.42 Å². The highest BCUT2D eigenvalue weighted by molar-refractivity contribution is 9.10. The van der Waals surface area contributed by atoms with E-state index < -0.39 is 10.2 Å². The van der Waals surface area contributed by atoms with Crippen LogP contribution >= 0.6 is 15.9 Å². The summed E-state index contributed by atoms with van der Waals surface area (Å²) in [6.45, 7) is 2.97. The summed E-state index contributed by atoms with van der Waals surface area (Å²) in [6.07, 6.45) is 0. The van der Waals surface area contributed by atoms with Crippen LogP contribution < -0.4 is 4.72 Å². The van der Waals surface area contributed by atoms with Gasteiger partial charge in [-0.3, -0.25) is 0 Å². The van der Waals surface area contributed by atoms with Crippen molar-refractivity contribution in [1.82, 2.24) is 9.03 Å². The van der Waals surface area contributed by atoms with E-state index in [0.717, 1.165) is 15.6 Å². The Morgan fingerprint density at radius 3 is 2.54 bits per heavy atom. The molecule has 1 N–H and O–H groups in total. The number of hydrogen-bond donors (Lipinski definition) is 1. The van der Waals surface area contributed by atoms with Crippen LogP contribution in [0.1, 0.15) is 29.5 Å². The number of nitrogens with zero attached hydrogens (tertiary/aromatic N) is 1. The topological polar surface area (TPSA) is 49.4 Å². The van der Waals surface area contributed by atoms with Gasteiger partial charge in [-0.05, 0) is 34.7 Å². The van der Waals surface area contributed by atoms with Gasteiger partial charge in [0, 0.05) is 29.5 Å². The zero-order valence-corrected chi connectivity index (χ0v) is 15.7. The van der Waals surface area contributed by atoms with E-state index in [1.54, 1.807) is 0 Å². The van der Waals surface area contributed by atoms with Crippen LogP contribution in [-0.2, 0) is 23.3 Å². The van der Waals surface area contributed by atoms with Crippen molar-refractivity contribution in [2.45, 2.75) is 32.0 Å². The second-order valence-corrected chi connectivity index (χ2v) is 9.24. The molecule has 2 aromatic rings. The Bertz CT molecular complexity index is 870. The monoisotopic (exact) mass is 406 g/mol. The van der Waals surface area contributed by atoms with Gasteiger partial charge in [0.05, 0.1) is 0 Å². The maximum Gasteiger partial charge on any atom is 0.280 e. The van der Waals surface area contributed by atoms with Gasteiger partial charge in [0.2, 0.25) is 0 Å². The smallest absolute Gasteiger partial charge is 0.198 e. The van der Waals surface area contributed by atoms with Crippen molar-refractivity contribution in [2.24, 2.45) is 5.92 Å². The Hall–Kier alpha value is -1.21. The molecule has 1 fully saturated rings. The third-order valence-electron chi connectivity index (χ3n) is 5.05. The van der Waals surface area contributed by atoms with Gasteiger partial charge in [0.1, 0.15) is 0 Å². The van der Waals surface area contributed by atoms with Crippen molar-refractivity contribution >= 4 is 26.1 Å². The molecule has 2 aromatic carbocycles. The molecular weight excluding hydrogens is 388 g/mol. The Morgan fingerprint density at radius 2 is 1.79 bits per heavy atom. The largest absolute Gasteiger partial charge is 0.280 e. The van der Waals surface area contributed by atoms with E-state index in [-0.39, 0.29) is 12.0 Å². The lowest BCUT2D eigenvalue weighted by atomic mass is 10.1. The summed E-state index contributed by atoms with van der Waals surface area (Å²) in [5.74, 6) is 0.585. The molecule has 0 spiro atoms. The fraction of sp³-hybridized carbons (Fsp3) is 0.333. The average Bonchev–Trinajstić information content (AvgIpc) is 2.98. The molecule has 0 amide bonds. The molecule has 6 heteroatoms. The van der Waals surface area contributed by atoms with Crippen LogP contribution in [0.2, 0.25) is 0 Å². The van der Waals surface area contributed by atoms with Crippen LogP contribution in [0, 0.1) is 5.92 Å². The van der Waals surface area contributed by atoms with Gasteiger partial charge in [-0.15, -0.1) is 0 Å². The Morgan fingerprint density at radius 1 is 1.08 bits per heavy atom. The first-order chi connectivity index (χ1) is 11.5. The normalized spacial score (nSPS) is 26.3. The molecule has 2 aliphatic rings. The summed E-state index contributed by atoms with van der Waals surface area (Å²) in [6, 6.07) is 16.0. The van der Waals surface area contributed by atoms with Gasteiger partial charge in [-0.25, -0.2) is 0 Å². The number of nitrogens with one attached hydrogen (secondary N) is 1. The van der Waals surface area contributed by atoms with Crippen molar-refractivity contribution in [3.05, 3.63) is 69.7 Å². The Labute approximate surface area is 151 Å². The van der Waals surface area contributed by atoms with Crippen LogP contribution in [0.4, 0.5) is 0 Å². The Kier molecular flexibility index (Phi) is 4.03. The lowest BCUT2D eigenvalue weighted by molar-refractivity contribution is 0.420. The molecule has 1 heterocycles. The number of halogens is 1. The first kappa shape index (κ1) is 16.3. The minimum atomic E-state index is -3.48. The summed E-state index contributed by atoms with van der Waals surface area (Å²) in [5.41, 5.74) is 3.34. The predicted octanol–water partition coefficient (Wildman–Crippen LogP) is 3.40. The molecule has 0 saturated heterocycles. The molecule has 1 saturated carbocycles. The SMILES string of the molecule is C[C@H]1[C@H](NS(=O)(=O)N2Cc3ccc(Br)cc3C2)[C@H]1c1ccccc1. The van der Waals surface area contributed by atoms with Crippen LogP contribution in [0.15, 0.2) is 53.0 Å². The third kappa shape index (κ3) is 2.92. The minimum Gasteiger partial charge on any atom is -0.198 e. The third-order valence-corrected chi connectivity index (χ3v) is 7.05. The molecule has 3 atom stereocenters. The van der Waals surface area contributed by atoms with E-state index in [0.29, 0.717) is 19.0 Å². The van der Waals surface area contributed by atoms with E-state index >= 15 is 0 Å². The van der Waals surface area contributed by atoms with E-state index in [2.05, 4.69) is 39.7 Å². The van der Waals surface area contributed by atoms with Gasteiger partial charge < -0.3 is 0 Å². The Balaban J connectivity index is 1.48. The molecule has 24 heavy (non-hydrogen) atoms. The quantitative estimate of drug-likeness (QED) is 0.845. The molecular formula is C18H19BrN2O2S. The number of hydrogen-bond acceptors (Lipinski definition) is 2. The second kappa shape index (κ2) is 5.95. The molecule has 4 nitrogen and oxygen atoms in total. The lowest BCUT2D eigenvalue weighted by Crippen LogP contribution is -2.39. The highest BCUT2D eigenvalue weighted by atomic mass is 79.9. The lowest BCUT2D eigenvalue weighted by Gasteiger charge is -2.16. The van der Waals surface area contributed by atoms with Gasteiger partial charge in [-0.1, -0.05) is 59.3 Å². The van der Waals surface area contributed by atoms with Gasteiger partial charge in [0.25, 0.3) is 10.2 Å². The van der Waals surface area contributed by atoms with Crippen LogP contribution in [0.5, 0.6) is 0 Å². The number of rotatable bonds is 4. The maximum atomic E-state index is 12.8. The molecule has 0 unspecified atom stereocenters. The van der Waals surface area contributed by atoms with Crippen LogP contribution in [0.25, 0.3) is 0 Å². The summed E-state index contributed by atoms with van der Waals surface area (Å²) >= 11 is 3.44. The molecule has 126 valence electrons. The maximum absolute atomic E-state index is 12.8. The predicted molar refractivity (Wildman–Crippen MR) is 97.6 cm³/mol. The van der Waals surface area contributed by atoms with Crippen molar-refractivity contribution < 1.29 is 8.42 Å². The molecule has 0 bridgehead atoms. The molecule has 1 aliphatic carbocycles. The van der Waals surface area contributed by atoms with E-state index in [4.69, 9.17) is 0 Å². The summed E-state index contributed by atoms with van der Waals surface area (Å²) in [4.78, 5) is 0. The second-order valence-electron chi connectivity index (χ2n) is 6.63. The fourth-order valence-electron chi connectivity index (χ4n) is 3.58. The number of fused-ring (bicyclic) bond motifs is 1. The summed E-state index contributed by atoms with van der Waals surface area (Å²) < 4.78 is 30.9. The van der Waals surface area contributed by atoms with Gasteiger partial charge in [0.15, 0.2) is 0 Å². The highest BCUT2D eigenvalue weighted by Crippen LogP contribution is 2.47. The van der Waals surface area contributed by atoms with Crippen molar-refractivity contribution in [1.29, 1.82) is 0 Å².